The maximum absolute atomic E-state index is 10.8. The quantitative estimate of drug-likeness (QED) is 0.520. The second-order valence-electron chi connectivity index (χ2n) is 2.83. The minimum atomic E-state index is -1.34. The molecule has 0 aliphatic heterocycles. The van der Waals surface area contributed by atoms with Gasteiger partial charge in [0.2, 0.25) is 13.1 Å². The van der Waals surface area contributed by atoms with E-state index in [2.05, 4.69) is 9.69 Å². The van der Waals surface area contributed by atoms with Crippen LogP contribution in [0.15, 0.2) is 11.1 Å². The van der Waals surface area contributed by atoms with Crippen molar-refractivity contribution in [1.29, 1.82) is 0 Å². The smallest absolute Gasteiger partial charge is 0.332 e. The first-order valence-corrected chi connectivity index (χ1v) is 4.39. The Balaban J connectivity index is 5.12. The molecule has 0 radical (unpaired) electrons. The van der Waals surface area contributed by atoms with Crippen LogP contribution in [0, 0.1) is 13.1 Å². The molecule has 0 amide bonds. The van der Waals surface area contributed by atoms with E-state index in [1.165, 1.54) is 0 Å². The van der Waals surface area contributed by atoms with E-state index < -0.39 is 11.9 Å². The van der Waals surface area contributed by atoms with E-state index >= 15 is 0 Å². The maximum Gasteiger partial charge on any atom is 0.332 e. The maximum atomic E-state index is 10.8. The van der Waals surface area contributed by atoms with Crippen LogP contribution in [0.1, 0.15) is 12.8 Å². The molecular weight excluding hydrogens is 212 g/mol. The van der Waals surface area contributed by atoms with Crippen LogP contribution in [0.3, 0.4) is 0 Å². The lowest BCUT2D eigenvalue weighted by molar-refractivity contribution is -0.136. The summed E-state index contributed by atoms with van der Waals surface area (Å²) in [6, 6.07) is 0. The Hall–Kier alpha value is -2.34. The monoisotopic (exact) mass is 222 g/mol. The van der Waals surface area contributed by atoms with E-state index in [4.69, 9.17) is 23.4 Å². The molecule has 0 aliphatic carbocycles. The fraction of sp³-hybridized carbons (Fsp3) is 0.400. The topological polar surface area (TPSA) is 83.3 Å². The van der Waals surface area contributed by atoms with Crippen molar-refractivity contribution in [3.8, 4) is 0 Å². The van der Waals surface area contributed by atoms with Gasteiger partial charge in [-0.1, -0.05) is 0 Å². The first-order valence-electron chi connectivity index (χ1n) is 4.39. The first kappa shape index (κ1) is 13.7. The molecule has 84 valence electrons. The summed E-state index contributed by atoms with van der Waals surface area (Å²) in [4.78, 5) is 27.6. The molecule has 0 saturated carbocycles. The van der Waals surface area contributed by atoms with Crippen LogP contribution in [-0.4, -0.2) is 35.2 Å². The Morgan fingerprint density at radius 3 is 1.38 bits per heavy atom. The fourth-order valence-corrected chi connectivity index (χ4v) is 1.11. The predicted octanol–water partition coefficient (Wildman–Crippen LogP) is 1.07. The van der Waals surface area contributed by atoms with Crippen molar-refractivity contribution in [2.75, 3.05) is 13.1 Å². The number of aliphatic carboxylic acids is 2. The van der Waals surface area contributed by atoms with Gasteiger partial charge in [-0.15, -0.1) is 0 Å². The zero-order valence-electron chi connectivity index (χ0n) is 8.43. The number of hydrogen-bond acceptors (Lipinski definition) is 2. The van der Waals surface area contributed by atoms with Gasteiger partial charge in [-0.2, -0.15) is 0 Å². The third-order valence-corrected chi connectivity index (χ3v) is 1.83. The van der Waals surface area contributed by atoms with Crippen molar-refractivity contribution in [1.82, 2.24) is 0 Å². The van der Waals surface area contributed by atoms with Crippen molar-refractivity contribution < 1.29 is 19.8 Å². The molecule has 2 N–H and O–H groups in total. The average Bonchev–Trinajstić information content (AvgIpc) is 2.21. The summed E-state index contributed by atoms with van der Waals surface area (Å²) in [5.41, 5.74) is -0.570. The van der Waals surface area contributed by atoms with Crippen molar-refractivity contribution >= 4 is 11.9 Å². The molecule has 0 unspecified atom stereocenters. The lowest BCUT2D eigenvalue weighted by atomic mass is 10.0. The van der Waals surface area contributed by atoms with E-state index in [1.807, 2.05) is 0 Å². The number of carboxylic acid groups (broad SMARTS) is 2. The van der Waals surface area contributed by atoms with Gasteiger partial charge in [-0.05, 0) is 0 Å². The summed E-state index contributed by atoms with van der Waals surface area (Å²) in [6.07, 6.45) is -0.225. The van der Waals surface area contributed by atoms with E-state index in [9.17, 15) is 9.59 Å². The van der Waals surface area contributed by atoms with Gasteiger partial charge in [0.25, 0.3) is 0 Å². The van der Waals surface area contributed by atoms with Gasteiger partial charge >= 0.3 is 11.9 Å². The van der Waals surface area contributed by atoms with Crippen molar-refractivity contribution in [2.45, 2.75) is 12.8 Å². The zero-order valence-corrected chi connectivity index (χ0v) is 8.43. The molecule has 0 aromatic heterocycles. The fourth-order valence-electron chi connectivity index (χ4n) is 1.11. The molecule has 6 nitrogen and oxygen atoms in total. The Bertz CT molecular complexity index is 360. The molecule has 0 aliphatic rings. The largest absolute Gasteiger partial charge is 0.478 e. The highest BCUT2D eigenvalue weighted by Crippen LogP contribution is 2.14. The van der Waals surface area contributed by atoms with E-state index in [0.717, 1.165) is 0 Å². The van der Waals surface area contributed by atoms with Crippen molar-refractivity contribution in [3.63, 3.8) is 0 Å². The molecule has 16 heavy (non-hydrogen) atoms. The summed E-state index contributed by atoms with van der Waals surface area (Å²) in [5, 5.41) is 17.6. The molecule has 0 bridgehead atoms. The van der Waals surface area contributed by atoms with Gasteiger partial charge in [0, 0.05) is 0 Å². The van der Waals surface area contributed by atoms with Crippen LogP contribution in [0.4, 0.5) is 0 Å². The Morgan fingerprint density at radius 1 is 0.875 bits per heavy atom. The highest BCUT2D eigenvalue weighted by atomic mass is 16.4. The highest BCUT2D eigenvalue weighted by Gasteiger charge is 2.21. The van der Waals surface area contributed by atoms with Crippen LogP contribution in [0.2, 0.25) is 0 Å². The van der Waals surface area contributed by atoms with Gasteiger partial charge in [-0.3, -0.25) is 0 Å². The van der Waals surface area contributed by atoms with Crippen LogP contribution in [0.25, 0.3) is 9.69 Å². The first-order chi connectivity index (χ1) is 7.54. The van der Waals surface area contributed by atoms with Gasteiger partial charge in [0.15, 0.2) is 0 Å². The lowest BCUT2D eigenvalue weighted by Crippen LogP contribution is -2.13. The van der Waals surface area contributed by atoms with Gasteiger partial charge in [0.1, 0.15) is 0 Å². The van der Waals surface area contributed by atoms with Crippen LogP contribution in [0.5, 0.6) is 0 Å². The number of carbonyl (C=O) groups is 2. The number of carboxylic acids is 2. The number of rotatable bonds is 6. The number of hydrogen-bond donors (Lipinski definition) is 2. The van der Waals surface area contributed by atoms with Crippen LogP contribution in [-0.2, 0) is 9.59 Å². The van der Waals surface area contributed by atoms with E-state index in [1.54, 1.807) is 0 Å². The third-order valence-electron chi connectivity index (χ3n) is 1.83. The highest BCUT2D eigenvalue weighted by molar-refractivity contribution is 5.98. The average molecular weight is 222 g/mol. The molecule has 0 saturated heterocycles. The third kappa shape index (κ3) is 4.25. The normalized spacial score (nSPS) is 10.9. The lowest BCUT2D eigenvalue weighted by Gasteiger charge is -2.03. The second kappa shape index (κ2) is 7.02. The molecule has 0 heterocycles. The van der Waals surface area contributed by atoms with Crippen LogP contribution < -0.4 is 0 Å². The summed E-state index contributed by atoms with van der Waals surface area (Å²) in [6.45, 7) is 12.9. The molecular formula is C10H10N2O4. The van der Waals surface area contributed by atoms with Gasteiger partial charge in [0.05, 0.1) is 24.0 Å². The van der Waals surface area contributed by atoms with E-state index in [0.29, 0.717) is 0 Å². The molecule has 0 fully saturated rings. The second-order valence-corrected chi connectivity index (χ2v) is 2.83. The van der Waals surface area contributed by atoms with Crippen molar-refractivity contribution in [3.05, 3.63) is 34.0 Å². The minimum absolute atomic E-state index is 0.0730. The summed E-state index contributed by atoms with van der Waals surface area (Å²) >= 11 is 0. The molecule has 0 aromatic rings. The molecule has 0 spiro atoms. The SMILES string of the molecule is [C-]#[N+]CC/C(C(=O)O)=C(/CC[N+]#[C-])C(=O)O. The standard InChI is InChI=1S/C10H10N2O4/c1-11-5-3-7(9(13)14)8(10(15)16)4-6-12-2/h3-6H2,(H,13,14)(H,15,16)/b8-7+. The zero-order chi connectivity index (χ0) is 12.6. The molecule has 0 atom stereocenters. The summed E-state index contributed by atoms with van der Waals surface area (Å²) in [7, 11) is 0. The van der Waals surface area contributed by atoms with E-state index in [-0.39, 0.29) is 37.1 Å². The molecule has 0 aromatic carbocycles. The molecule has 6 heteroatoms. The van der Waals surface area contributed by atoms with Crippen molar-refractivity contribution in [2.24, 2.45) is 0 Å². The predicted molar refractivity (Wildman–Crippen MR) is 54.5 cm³/mol. The van der Waals surface area contributed by atoms with Gasteiger partial charge in [-0.25, -0.2) is 22.7 Å². The Kier molecular flexibility index (Phi) is 5.99. The van der Waals surface area contributed by atoms with Crippen LogP contribution >= 0.6 is 0 Å². The number of nitrogens with zero attached hydrogens (tertiary/aromatic N) is 2. The Morgan fingerprint density at radius 2 is 1.19 bits per heavy atom. The van der Waals surface area contributed by atoms with Gasteiger partial charge < -0.3 is 19.9 Å². The summed E-state index contributed by atoms with van der Waals surface area (Å²) < 4.78 is 0. The Labute approximate surface area is 92.5 Å². The summed E-state index contributed by atoms with van der Waals surface area (Å²) in [5.74, 6) is -2.68. The molecule has 0 rings (SSSR count). The minimum Gasteiger partial charge on any atom is -0.478 e.